The lowest BCUT2D eigenvalue weighted by molar-refractivity contribution is -0.146. The van der Waals surface area contributed by atoms with Gasteiger partial charge in [-0.15, -0.1) is 11.3 Å². The number of rotatable bonds is 18. The van der Waals surface area contributed by atoms with Crippen LogP contribution in [0.2, 0.25) is 5.02 Å². The number of piperazine rings is 1. The number of hydrogen-bond acceptors (Lipinski definition) is 12. The molecule has 2 saturated heterocycles. The minimum absolute atomic E-state index is 0.0150. The molecule has 0 spiro atoms. The Morgan fingerprint density at radius 1 is 0.957 bits per heavy atom. The Balaban J connectivity index is 0.873. The van der Waals surface area contributed by atoms with E-state index in [1.807, 2.05) is 105 Å². The summed E-state index contributed by atoms with van der Waals surface area (Å²) in [7, 11) is -0.878. The molecule has 2 aromatic heterocycles. The number of hydrogen-bond donors (Lipinski definition) is 2. The molecule has 0 aliphatic carbocycles. The molecule has 0 saturated carbocycles. The molecular formula is C53H65ClN7O7PS. The van der Waals surface area contributed by atoms with E-state index >= 15 is 0 Å². The first-order chi connectivity index (χ1) is 33.3. The lowest BCUT2D eigenvalue weighted by Gasteiger charge is -2.36. The van der Waals surface area contributed by atoms with Crippen LogP contribution in [-0.4, -0.2) is 119 Å². The number of likely N-dealkylation sites (tertiary alicyclic amines) is 1. The van der Waals surface area contributed by atoms with E-state index in [-0.39, 0.29) is 62.3 Å². The molecule has 3 amide bonds. The van der Waals surface area contributed by atoms with Gasteiger partial charge in [-0.1, -0.05) is 87.0 Å². The van der Waals surface area contributed by atoms with Crippen LogP contribution in [0.4, 0.5) is 5.69 Å². The molecule has 5 aromatic rings. The number of thiazole rings is 1. The van der Waals surface area contributed by atoms with E-state index in [4.69, 9.17) is 21.3 Å². The summed E-state index contributed by atoms with van der Waals surface area (Å²) in [6, 6.07) is 20.8. The summed E-state index contributed by atoms with van der Waals surface area (Å²) in [4.78, 5) is 74.8. The van der Waals surface area contributed by atoms with Crippen molar-refractivity contribution in [1.82, 2.24) is 30.1 Å². The lowest BCUT2D eigenvalue weighted by Crippen LogP contribution is -2.50. The summed E-state index contributed by atoms with van der Waals surface area (Å²) < 4.78 is 18.8. The van der Waals surface area contributed by atoms with Gasteiger partial charge in [-0.2, -0.15) is 0 Å². The van der Waals surface area contributed by atoms with Crippen LogP contribution in [0.5, 0.6) is 5.75 Å². The fourth-order valence-corrected chi connectivity index (χ4v) is 11.6. The van der Waals surface area contributed by atoms with Gasteiger partial charge in [0.25, 0.3) is 0 Å². The third-order valence-corrected chi connectivity index (χ3v) is 16.2. The van der Waals surface area contributed by atoms with E-state index < -0.39 is 30.6 Å². The van der Waals surface area contributed by atoms with Crippen molar-refractivity contribution in [3.8, 4) is 16.2 Å². The van der Waals surface area contributed by atoms with Gasteiger partial charge < -0.3 is 34.4 Å². The number of aliphatic hydroxyl groups is 1. The van der Waals surface area contributed by atoms with Crippen molar-refractivity contribution in [3.63, 3.8) is 0 Å². The van der Waals surface area contributed by atoms with Crippen LogP contribution in [0.25, 0.3) is 10.4 Å². The second-order valence-corrected chi connectivity index (χ2v) is 24.3. The molecule has 2 aliphatic heterocycles. The summed E-state index contributed by atoms with van der Waals surface area (Å²) >= 11 is 8.14. The van der Waals surface area contributed by atoms with Crippen LogP contribution in [0.1, 0.15) is 86.8 Å². The Bertz CT molecular complexity index is 2730. The van der Waals surface area contributed by atoms with Gasteiger partial charge in [0.15, 0.2) is 0 Å². The summed E-state index contributed by atoms with van der Waals surface area (Å²) in [5, 5.41) is 14.9. The molecule has 3 atom stereocenters. The van der Waals surface area contributed by atoms with Gasteiger partial charge in [0, 0.05) is 113 Å². The number of carbonyl (C=O) groups is 4. The molecule has 14 nitrogen and oxygen atoms in total. The SMILES string of the molecule is COc1cc(N2CCN(C(=O)CCCC(=O)C[C@H](C(=O)N3C[C@H](O)C[C@H]3C(=O)NCc3ccc(-c4scnc4C)cc3)C(C)(C)C)CC2)ccc1Cc1ncc(Cl)c(Cc2ccccc2P(C)(C)=O)n1. The number of Topliss-reactive ketones (excluding diaryl/α,β-unsaturated/α-hetero) is 1. The zero-order valence-electron chi connectivity index (χ0n) is 41.2. The monoisotopic (exact) mass is 1010 g/mol. The van der Waals surface area contributed by atoms with Crippen LogP contribution in [0.3, 0.4) is 0 Å². The fraction of sp³-hybridized carbons (Fsp3) is 0.453. The predicted octanol–water partition coefficient (Wildman–Crippen LogP) is 7.72. The average Bonchev–Trinajstić information content (AvgIpc) is 3.95. The van der Waals surface area contributed by atoms with Crippen LogP contribution >= 0.6 is 30.1 Å². The number of ketones is 1. The van der Waals surface area contributed by atoms with E-state index in [1.54, 1.807) is 38.0 Å². The maximum Gasteiger partial charge on any atom is 0.243 e. The maximum absolute atomic E-state index is 14.2. The van der Waals surface area contributed by atoms with Crippen LogP contribution < -0.4 is 20.3 Å². The Morgan fingerprint density at radius 2 is 1.69 bits per heavy atom. The van der Waals surface area contributed by atoms with Gasteiger partial charge in [-0.25, -0.2) is 15.0 Å². The van der Waals surface area contributed by atoms with Crippen molar-refractivity contribution < 1.29 is 33.6 Å². The van der Waals surface area contributed by atoms with E-state index in [0.717, 1.165) is 43.8 Å². The quantitative estimate of drug-likeness (QED) is 0.0823. The fourth-order valence-electron chi connectivity index (χ4n) is 9.33. The molecule has 0 radical (unpaired) electrons. The molecule has 2 N–H and O–H groups in total. The third kappa shape index (κ3) is 13.1. The minimum atomic E-state index is -2.51. The van der Waals surface area contributed by atoms with Crippen LogP contribution in [0.15, 0.2) is 78.4 Å². The van der Waals surface area contributed by atoms with E-state index in [2.05, 4.69) is 20.2 Å². The largest absolute Gasteiger partial charge is 0.496 e. The van der Waals surface area contributed by atoms with Gasteiger partial charge in [-0.3, -0.25) is 19.2 Å². The zero-order chi connectivity index (χ0) is 50.3. The highest BCUT2D eigenvalue weighted by Gasteiger charge is 2.44. The molecule has 2 aliphatic rings. The normalized spacial score (nSPS) is 16.8. The number of aryl methyl sites for hydroxylation is 1. The number of aliphatic hydroxyl groups excluding tert-OH is 1. The molecule has 7 rings (SSSR count). The number of halogens is 1. The predicted molar refractivity (Wildman–Crippen MR) is 277 cm³/mol. The molecule has 0 bridgehead atoms. The minimum Gasteiger partial charge on any atom is -0.496 e. The number of anilines is 1. The highest BCUT2D eigenvalue weighted by molar-refractivity contribution is 7.70. The van der Waals surface area contributed by atoms with Gasteiger partial charge >= 0.3 is 0 Å². The third-order valence-electron chi connectivity index (χ3n) is 13.3. The highest BCUT2D eigenvalue weighted by atomic mass is 35.5. The Kier molecular flexibility index (Phi) is 17.0. The zero-order valence-corrected chi connectivity index (χ0v) is 43.7. The second-order valence-electron chi connectivity index (χ2n) is 19.9. The van der Waals surface area contributed by atoms with Gasteiger partial charge in [0.05, 0.1) is 40.0 Å². The number of amides is 3. The standard InChI is InChI=1S/C53H65ClN7O7PS/c1-34-50(70-33-57-34)36-17-15-35(16-18-36)30-56-51(65)45-29-41(63)32-61(45)52(66)42(53(2,3)4)28-40(62)12-10-14-49(64)60-23-21-59(22-24-60)39-20-19-37(46(27-39)68-5)26-48-55-31-43(54)44(58-48)25-38-11-8-9-13-47(38)69(6,7)67/h8-9,11,13,15-20,27,31,33,41-42,45,63H,10,12,14,21-26,28-30,32H2,1-7H3,(H,56,65)/t41-,42-,45+/m1/s1. The maximum atomic E-state index is 14.2. The number of nitrogens with one attached hydrogen (secondary N) is 1. The summed E-state index contributed by atoms with van der Waals surface area (Å²) in [6.45, 7) is 13.8. The molecule has 3 aromatic carbocycles. The summed E-state index contributed by atoms with van der Waals surface area (Å²) in [5.74, 6) is -0.231. The number of ether oxygens (including phenoxy) is 1. The van der Waals surface area contributed by atoms with Crippen LogP contribution in [0, 0.1) is 18.3 Å². The Hall–Kier alpha value is -5.47. The number of carbonyl (C=O) groups excluding carboxylic acids is 4. The smallest absolute Gasteiger partial charge is 0.243 e. The number of β-amino-alcohol motifs (C(OH)–C–C–N with tert-alkyl or cyclic N) is 1. The topological polar surface area (TPSA) is 175 Å². The van der Waals surface area contributed by atoms with Crippen molar-refractivity contribution in [2.24, 2.45) is 11.3 Å². The number of methoxy groups -OCH3 is 1. The molecule has 17 heteroatoms. The van der Waals surface area contributed by atoms with Crippen molar-refractivity contribution in [2.45, 2.75) is 91.3 Å². The van der Waals surface area contributed by atoms with Gasteiger partial charge in [0.1, 0.15) is 30.5 Å². The average molecular weight is 1010 g/mol. The number of aromatic nitrogens is 3. The van der Waals surface area contributed by atoms with E-state index in [0.29, 0.717) is 67.7 Å². The van der Waals surface area contributed by atoms with Crippen LogP contribution in [-0.2, 0) is 43.1 Å². The number of nitrogens with zero attached hydrogens (tertiary/aromatic N) is 6. The van der Waals surface area contributed by atoms with E-state index in [9.17, 15) is 28.8 Å². The molecule has 4 heterocycles. The van der Waals surface area contributed by atoms with Gasteiger partial charge in [-0.05, 0) is 54.8 Å². The van der Waals surface area contributed by atoms with Crippen molar-refractivity contribution in [3.05, 3.63) is 117 Å². The molecule has 0 unspecified atom stereocenters. The van der Waals surface area contributed by atoms with Crippen molar-refractivity contribution in [1.29, 1.82) is 0 Å². The molecule has 70 heavy (non-hydrogen) atoms. The second kappa shape index (κ2) is 22.7. The first-order valence-electron chi connectivity index (χ1n) is 23.9. The summed E-state index contributed by atoms with van der Waals surface area (Å²) in [6.07, 6.45) is 2.45. The molecular weight excluding hydrogens is 945 g/mol. The number of benzene rings is 3. The Labute approximate surface area is 420 Å². The molecule has 2 fully saturated rings. The lowest BCUT2D eigenvalue weighted by atomic mass is 9.76. The van der Waals surface area contributed by atoms with E-state index in [1.165, 1.54) is 4.90 Å². The van der Waals surface area contributed by atoms with Crippen molar-refractivity contribution in [2.75, 3.05) is 58.1 Å². The highest BCUT2D eigenvalue weighted by Crippen LogP contribution is 2.37. The van der Waals surface area contributed by atoms with Gasteiger partial charge in [0.2, 0.25) is 17.7 Å². The first-order valence-corrected chi connectivity index (χ1v) is 27.8. The summed E-state index contributed by atoms with van der Waals surface area (Å²) in [5.41, 5.74) is 7.61. The molecule has 372 valence electrons. The van der Waals surface area contributed by atoms with Crippen molar-refractivity contribution >= 4 is 64.6 Å². The first kappa shape index (κ1) is 52.4. The Morgan fingerprint density at radius 3 is 2.36 bits per heavy atom.